The Morgan fingerprint density at radius 2 is 1.84 bits per heavy atom. The van der Waals surface area contributed by atoms with Crippen LogP contribution in [0.3, 0.4) is 0 Å². The summed E-state index contributed by atoms with van der Waals surface area (Å²) in [6, 6.07) is 11.6. The predicted molar refractivity (Wildman–Crippen MR) is 144 cm³/mol. The number of thioether (sulfide) groups is 1. The van der Waals surface area contributed by atoms with Gasteiger partial charge in [-0.15, -0.1) is 5.10 Å². The smallest absolute Gasteiger partial charge is 0.314 e. The van der Waals surface area contributed by atoms with Crippen molar-refractivity contribution in [1.82, 2.24) is 20.2 Å². The highest BCUT2D eigenvalue weighted by Crippen LogP contribution is 2.25. The normalized spacial score (nSPS) is 11.1. The van der Waals surface area contributed by atoms with Gasteiger partial charge in [-0.25, -0.2) is 0 Å². The molecular weight excluding hydrogens is 508 g/mol. The average molecular weight is 539 g/mol. The van der Waals surface area contributed by atoms with Gasteiger partial charge in [-0.05, 0) is 86.3 Å². The molecule has 38 heavy (non-hydrogen) atoms. The number of benzene rings is 2. The Labute approximate surface area is 224 Å². The van der Waals surface area contributed by atoms with Gasteiger partial charge in [0.25, 0.3) is 5.91 Å². The summed E-state index contributed by atoms with van der Waals surface area (Å²) in [7, 11) is 1.82. The molecule has 1 aromatic heterocycles. The zero-order chi connectivity index (χ0) is 28.0. The molecule has 2 aromatic carbocycles. The third-order valence-electron chi connectivity index (χ3n) is 5.19. The number of tetrazole rings is 1. The van der Waals surface area contributed by atoms with Gasteiger partial charge >= 0.3 is 5.97 Å². The van der Waals surface area contributed by atoms with E-state index in [9.17, 15) is 19.2 Å². The Kier molecular flexibility index (Phi) is 9.00. The van der Waals surface area contributed by atoms with Crippen LogP contribution in [0.25, 0.3) is 5.69 Å². The molecule has 0 bridgehead atoms. The maximum absolute atomic E-state index is 13.1. The van der Waals surface area contributed by atoms with Crippen molar-refractivity contribution in [3.63, 3.8) is 0 Å². The first-order valence-corrected chi connectivity index (χ1v) is 12.7. The highest BCUT2D eigenvalue weighted by Gasteiger charge is 2.23. The molecular formula is C26H30N6O5S. The van der Waals surface area contributed by atoms with E-state index in [1.807, 2.05) is 18.9 Å². The Hall–Kier alpha value is -4.06. The fourth-order valence-electron chi connectivity index (χ4n) is 3.46. The van der Waals surface area contributed by atoms with Crippen LogP contribution in [-0.2, 0) is 14.3 Å². The van der Waals surface area contributed by atoms with Gasteiger partial charge in [-0.3, -0.25) is 19.2 Å². The Balaban J connectivity index is 1.86. The lowest BCUT2D eigenvalue weighted by molar-refractivity contribution is -0.153. The number of ether oxygens (including phenoxy) is 1. The number of rotatable bonds is 9. The summed E-state index contributed by atoms with van der Waals surface area (Å²) in [6.07, 6.45) is -0.443. The molecule has 0 spiro atoms. The molecule has 0 saturated carbocycles. The molecule has 3 rings (SSSR count). The van der Waals surface area contributed by atoms with E-state index >= 15 is 0 Å². The summed E-state index contributed by atoms with van der Waals surface area (Å²) in [6.45, 7) is 9.15. The standard InChI is InChI=1S/C26H30N6O5S/c1-7-31(6)21-12-11-17(13-20(21)22(34)15-23(35)37-26(3,4)5)24(36)27-18-9-8-10-19(14-18)32-25(28-29-30-32)38-16(2)33/h8-14H,7,15H2,1-6H3,(H,27,36). The van der Waals surface area contributed by atoms with Crippen molar-refractivity contribution in [2.45, 2.75) is 51.8 Å². The summed E-state index contributed by atoms with van der Waals surface area (Å²) in [5.74, 6) is -1.53. The van der Waals surface area contributed by atoms with E-state index in [2.05, 4.69) is 20.8 Å². The predicted octanol–water partition coefficient (Wildman–Crippen LogP) is 3.92. The number of aromatic nitrogens is 4. The van der Waals surface area contributed by atoms with Gasteiger partial charge in [-0.1, -0.05) is 6.07 Å². The molecule has 0 unspecified atom stereocenters. The molecule has 0 atom stereocenters. The molecule has 1 heterocycles. The second-order valence-electron chi connectivity index (χ2n) is 9.40. The van der Waals surface area contributed by atoms with E-state index in [1.165, 1.54) is 17.7 Å². The van der Waals surface area contributed by atoms with Crippen molar-refractivity contribution < 1.29 is 23.9 Å². The third-order valence-corrected chi connectivity index (χ3v) is 5.92. The second kappa shape index (κ2) is 12.0. The first-order chi connectivity index (χ1) is 17.9. The van der Waals surface area contributed by atoms with Gasteiger partial charge in [0.15, 0.2) is 10.9 Å². The molecule has 3 aromatic rings. The minimum Gasteiger partial charge on any atom is -0.460 e. The van der Waals surface area contributed by atoms with Crippen molar-refractivity contribution in [3.05, 3.63) is 53.6 Å². The zero-order valence-corrected chi connectivity index (χ0v) is 23.0. The topological polar surface area (TPSA) is 136 Å². The fourth-order valence-corrected chi connectivity index (χ4v) is 4.02. The number of amides is 1. The highest BCUT2D eigenvalue weighted by molar-refractivity contribution is 8.13. The highest BCUT2D eigenvalue weighted by atomic mass is 32.2. The lowest BCUT2D eigenvalue weighted by Gasteiger charge is -2.22. The molecule has 0 fully saturated rings. The fraction of sp³-hybridized carbons (Fsp3) is 0.346. The maximum Gasteiger partial charge on any atom is 0.314 e. The first-order valence-electron chi connectivity index (χ1n) is 11.9. The van der Waals surface area contributed by atoms with Crippen LogP contribution in [-0.4, -0.2) is 62.2 Å². The monoisotopic (exact) mass is 538 g/mol. The zero-order valence-electron chi connectivity index (χ0n) is 22.1. The number of nitrogens with zero attached hydrogens (tertiary/aromatic N) is 5. The number of esters is 1. The number of anilines is 2. The molecule has 12 heteroatoms. The average Bonchev–Trinajstić information content (AvgIpc) is 3.29. The van der Waals surface area contributed by atoms with Gasteiger partial charge in [-0.2, -0.15) is 4.68 Å². The van der Waals surface area contributed by atoms with E-state index in [0.717, 1.165) is 11.8 Å². The number of carbonyl (C=O) groups is 4. The van der Waals surface area contributed by atoms with Crippen LogP contribution in [0.4, 0.5) is 11.4 Å². The molecule has 0 saturated heterocycles. The van der Waals surface area contributed by atoms with Crippen molar-refractivity contribution in [1.29, 1.82) is 0 Å². The SMILES string of the molecule is CCN(C)c1ccc(C(=O)Nc2cccc(-n3nnnc3SC(C)=O)c2)cc1C(=O)CC(=O)OC(C)(C)C. The van der Waals surface area contributed by atoms with Gasteiger partial charge in [0.05, 0.1) is 5.69 Å². The minimum atomic E-state index is -0.718. The van der Waals surface area contributed by atoms with Crippen molar-refractivity contribution >= 4 is 45.9 Å². The molecule has 11 nitrogen and oxygen atoms in total. The maximum atomic E-state index is 13.1. The summed E-state index contributed by atoms with van der Waals surface area (Å²) in [5, 5.41) is 14.3. The lowest BCUT2D eigenvalue weighted by Crippen LogP contribution is -2.26. The van der Waals surface area contributed by atoms with Crippen LogP contribution in [0.2, 0.25) is 0 Å². The van der Waals surface area contributed by atoms with Crippen LogP contribution in [0.1, 0.15) is 61.8 Å². The first kappa shape index (κ1) is 28.5. The Morgan fingerprint density at radius 3 is 2.50 bits per heavy atom. The summed E-state index contributed by atoms with van der Waals surface area (Å²) in [5.41, 5.74) is 1.38. The van der Waals surface area contributed by atoms with E-state index < -0.39 is 29.7 Å². The quantitative estimate of drug-likeness (QED) is 0.185. The number of Topliss-reactive ketones (excluding diaryl/α,β-unsaturated/α-hetero) is 1. The van der Waals surface area contributed by atoms with E-state index in [4.69, 9.17) is 4.74 Å². The number of carbonyl (C=O) groups excluding carboxylic acids is 4. The van der Waals surface area contributed by atoms with Crippen molar-refractivity contribution in [2.24, 2.45) is 0 Å². The van der Waals surface area contributed by atoms with Crippen LogP contribution in [0, 0.1) is 0 Å². The lowest BCUT2D eigenvalue weighted by atomic mass is 10.0. The molecule has 0 aliphatic carbocycles. The third kappa shape index (κ3) is 7.48. The van der Waals surface area contributed by atoms with Gasteiger partial charge in [0.2, 0.25) is 5.16 Å². The number of nitrogens with one attached hydrogen (secondary N) is 1. The molecule has 1 amide bonds. The summed E-state index contributed by atoms with van der Waals surface area (Å²) < 4.78 is 6.69. The van der Waals surface area contributed by atoms with Gasteiger partial charge in [0, 0.05) is 43.0 Å². The molecule has 0 aliphatic heterocycles. The number of hydrogen-bond acceptors (Lipinski definition) is 10. The summed E-state index contributed by atoms with van der Waals surface area (Å²) in [4.78, 5) is 51.9. The number of ketones is 1. The van der Waals surface area contributed by atoms with Crippen LogP contribution < -0.4 is 10.2 Å². The van der Waals surface area contributed by atoms with Crippen LogP contribution >= 0.6 is 11.8 Å². The number of hydrogen-bond donors (Lipinski definition) is 1. The van der Waals surface area contributed by atoms with Gasteiger partial charge in [0.1, 0.15) is 12.0 Å². The molecule has 1 N–H and O–H groups in total. The van der Waals surface area contributed by atoms with Crippen molar-refractivity contribution in [3.8, 4) is 5.69 Å². The second-order valence-corrected chi connectivity index (χ2v) is 10.5. The van der Waals surface area contributed by atoms with E-state index in [1.54, 1.807) is 57.2 Å². The minimum absolute atomic E-state index is 0.167. The van der Waals surface area contributed by atoms with Crippen molar-refractivity contribution in [2.75, 3.05) is 23.8 Å². The largest absolute Gasteiger partial charge is 0.460 e. The van der Waals surface area contributed by atoms with Crippen LogP contribution in [0.15, 0.2) is 47.6 Å². The van der Waals surface area contributed by atoms with Crippen LogP contribution in [0.5, 0.6) is 0 Å². The van der Waals surface area contributed by atoms with E-state index in [0.29, 0.717) is 28.8 Å². The molecule has 0 radical (unpaired) electrons. The Bertz CT molecular complexity index is 1360. The van der Waals surface area contributed by atoms with E-state index in [-0.39, 0.29) is 16.2 Å². The Morgan fingerprint density at radius 1 is 1.11 bits per heavy atom. The summed E-state index contributed by atoms with van der Waals surface area (Å²) >= 11 is 0.892. The molecule has 0 aliphatic rings. The van der Waals surface area contributed by atoms with Gasteiger partial charge < -0.3 is 15.0 Å². The molecule has 200 valence electrons.